The molecular formula is C23H24Cl2N6O4. The Balaban J connectivity index is 1.75. The molecule has 2 aromatic heterocycles. The van der Waals surface area contributed by atoms with Gasteiger partial charge in [-0.1, -0.05) is 29.8 Å². The molecule has 0 radical (unpaired) electrons. The van der Waals surface area contributed by atoms with Crippen LogP contribution in [0.5, 0.6) is 11.5 Å². The second-order valence-electron chi connectivity index (χ2n) is 7.98. The molecule has 0 saturated carbocycles. The molecule has 1 fully saturated rings. The highest BCUT2D eigenvalue weighted by molar-refractivity contribution is 6.41. The normalized spacial score (nSPS) is 13.9. The predicted molar refractivity (Wildman–Crippen MR) is 135 cm³/mol. The van der Waals surface area contributed by atoms with Gasteiger partial charge in [0.15, 0.2) is 0 Å². The minimum atomic E-state index is -0.355. The number of ether oxygens (including phenoxy) is 2. The first-order valence-electron chi connectivity index (χ1n) is 10.7. The van der Waals surface area contributed by atoms with Crippen molar-refractivity contribution in [2.45, 2.75) is 12.6 Å². The van der Waals surface area contributed by atoms with Crippen molar-refractivity contribution >= 4 is 46.1 Å². The molecule has 3 N–H and O–H groups in total. The zero-order valence-electron chi connectivity index (χ0n) is 19.2. The smallest absolute Gasteiger partial charge is 0.260 e. The number of likely N-dealkylation sites (tertiary alicyclic amines) is 1. The van der Waals surface area contributed by atoms with Crippen LogP contribution in [0.25, 0.3) is 22.2 Å². The number of halogens is 2. The van der Waals surface area contributed by atoms with E-state index in [0.717, 1.165) is 0 Å². The van der Waals surface area contributed by atoms with Gasteiger partial charge in [-0.25, -0.2) is 4.98 Å². The summed E-state index contributed by atoms with van der Waals surface area (Å²) in [7, 11) is 2.93. The van der Waals surface area contributed by atoms with Gasteiger partial charge in [0, 0.05) is 49.4 Å². The highest BCUT2D eigenvalue weighted by Crippen LogP contribution is 2.45. The Bertz CT molecular complexity index is 1340. The molecule has 1 amide bonds. The van der Waals surface area contributed by atoms with Crippen molar-refractivity contribution < 1.29 is 14.3 Å². The van der Waals surface area contributed by atoms with E-state index in [4.69, 9.17) is 38.4 Å². The Hall–Kier alpha value is -3.34. The average molecular weight is 519 g/mol. The highest BCUT2D eigenvalue weighted by Gasteiger charge is 2.28. The van der Waals surface area contributed by atoms with E-state index >= 15 is 0 Å². The molecule has 0 spiro atoms. The molecule has 4 rings (SSSR count). The van der Waals surface area contributed by atoms with Crippen LogP contribution in [0.2, 0.25) is 10.0 Å². The summed E-state index contributed by atoms with van der Waals surface area (Å²) in [6, 6.07) is 3.23. The first-order valence-corrected chi connectivity index (χ1v) is 11.4. The van der Waals surface area contributed by atoms with E-state index in [1.807, 2.05) is 0 Å². The van der Waals surface area contributed by atoms with Gasteiger partial charge in [-0.2, -0.15) is 4.98 Å². The number of aromatic nitrogens is 3. The summed E-state index contributed by atoms with van der Waals surface area (Å²) in [5, 5.41) is 3.80. The van der Waals surface area contributed by atoms with Gasteiger partial charge in [0.05, 0.1) is 35.9 Å². The molecule has 1 aromatic carbocycles. The monoisotopic (exact) mass is 518 g/mol. The number of amides is 1. The number of pyridine rings is 1. The third kappa shape index (κ3) is 4.77. The van der Waals surface area contributed by atoms with Gasteiger partial charge in [-0.15, -0.1) is 0 Å². The molecular weight excluding hydrogens is 495 g/mol. The molecule has 3 heterocycles. The molecule has 0 aliphatic carbocycles. The van der Waals surface area contributed by atoms with Gasteiger partial charge in [0.25, 0.3) is 5.56 Å². The van der Waals surface area contributed by atoms with E-state index in [1.54, 1.807) is 18.3 Å². The lowest BCUT2D eigenvalue weighted by Gasteiger charge is -2.39. The molecule has 0 atom stereocenters. The quantitative estimate of drug-likeness (QED) is 0.435. The topological polar surface area (TPSA) is 125 Å². The Kier molecular flexibility index (Phi) is 7.15. The van der Waals surface area contributed by atoms with Gasteiger partial charge in [-0.05, 0) is 12.1 Å². The molecule has 1 saturated heterocycles. The fraction of sp³-hybridized carbons (Fsp3) is 0.304. The number of nitrogens with one attached hydrogen (secondary N) is 1. The van der Waals surface area contributed by atoms with Gasteiger partial charge >= 0.3 is 0 Å². The van der Waals surface area contributed by atoms with Crippen molar-refractivity contribution in [3.63, 3.8) is 0 Å². The van der Waals surface area contributed by atoms with E-state index in [2.05, 4.69) is 26.8 Å². The van der Waals surface area contributed by atoms with Crippen LogP contribution in [0, 0.1) is 0 Å². The van der Waals surface area contributed by atoms with Crippen molar-refractivity contribution in [2.75, 3.05) is 39.6 Å². The number of benzene rings is 1. The van der Waals surface area contributed by atoms with Gasteiger partial charge in [-0.3, -0.25) is 19.1 Å². The number of nitrogen functional groups attached to an aromatic ring is 1. The summed E-state index contributed by atoms with van der Waals surface area (Å²) in [6.45, 7) is 5.65. The summed E-state index contributed by atoms with van der Waals surface area (Å²) < 4.78 is 12.2. The third-order valence-corrected chi connectivity index (χ3v) is 6.57. The first-order chi connectivity index (χ1) is 16.8. The zero-order valence-corrected chi connectivity index (χ0v) is 20.7. The van der Waals surface area contributed by atoms with Crippen molar-refractivity contribution in [2.24, 2.45) is 0 Å². The molecule has 3 aromatic rings. The molecule has 1 aliphatic heterocycles. The number of rotatable bonds is 8. The average Bonchev–Trinajstić information content (AvgIpc) is 2.82. The fourth-order valence-corrected chi connectivity index (χ4v) is 4.73. The van der Waals surface area contributed by atoms with Crippen molar-refractivity contribution in [1.29, 1.82) is 0 Å². The molecule has 0 unspecified atom stereocenters. The molecule has 10 nitrogen and oxygen atoms in total. The minimum Gasteiger partial charge on any atom is -0.495 e. The van der Waals surface area contributed by atoms with Crippen LogP contribution < -0.4 is 26.1 Å². The summed E-state index contributed by atoms with van der Waals surface area (Å²) in [6.07, 6.45) is 2.79. The van der Waals surface area contributed by atoms with Crippen LogP contribution in [0.15, 0.2) is 35.8 Å². The van der Waals surface area contributed by atoms with Crippen molar-refractivity contribution in [1.82, 2.24) is 24.8 Å². The fourth-order valence-electron chi connectivity index (χ4n) is 4.03. The predicted octanol–water partition coefficient (Wildman–Crippen LogP) is 2.35. The second kappa shape index (κ2) is 10.1. The van der Waals surface area contributed by atoms with E-state index in [9.17, 15) is 9.59 Å². The molecule has 12 heteroatoms. The lowest BCUT2D eigenvalue weighted by atomic mass is 10.0. The number of nitrogens with zero attached hydrogens (tertiary/aromatic N) is 4. The lowest BCUT2D eigenvalue weighted by molar-refractivity contribution is -0.118. The van der Waals surface area contributed by atoms with Crippen molar-refractivity contribution in [3.05, 3.63) is 51.4 Å². The van der Waals surface area contributed by atoms with E-state index in [0.29, 0.717) is 48.7 Å². The number of fused-ring (bicyclic) bond motifs is 1. The Morgan fingerprint density at radius 2 is 1.89 bits per heavy atom. The van der Waals surface area contributed by atoms with Crippen LogP contribution in [-0.2, 0) is 11.3 Å². The number of nitrogens with two attached hydrogens (primary N) is 1. The number of hydrogen-bond donors (Lipinski definition) is 2. The number of anilines is 1. The number of hydrogen-bond acceptors (Lipinski definition) is 8. The largest absolute Gasteiger partial charge is 0.495 e. The molecule has 1 aliphatic rings. The van der Waals surface area contributed by atoms with Gasteiger partial charge in [0.1, 0.15) is 17.1 Å². The molecule has 184 valence electrons. The van der Waals surface area contributed by atoms with Gasteiger partial charge < -0.3 is 20.5 Å². The Morgan fingerprint density at radius 1 is 1.23 bits per heavy atom. The molecule has 35 heavy (non-hydrogen) atoms. The van der Waals surface area contributed by atoms with E-state index < -0.39 is 0 Å². The number of methoxy groups -OCH3 is 2. The second-order valence-corrected chi connectivity index (χ2v) is 8.73. The summed E-state index contributed by atoms with van der Waals surface area (Å²) >= 11 is 13.2. The van der Waals surface area contributed by atoms with E-state index in [1.165, 1.54) is 24.9 Å². The van der Waals surface area contributed by atoms with Gasteiger partial charge in [0.2, 0.25) is 11.9 Å². The van der Waals surface area contributed by atoms with Crippen LogP contribution in [-0.4, -0.2) is 65.2 Å². The van der Waals surface area contributed by atoms with Crippen LogP contribution in [0.4, 0.5) is 5.95 Å². The summed E-state index contributed by atoms with van der Waals surface area (Å²) in [5.74, 6) is 0.472. The lowest BCUT2D eigenvalue weighted by Crippen LogP contribution is -2.59. The standard InChI is InChI=1S/C23H24Cl2N6O4/c1-4-17(32)28-13-10-30(11-13)5-6-31-21-12(9-27-23(26)29-21)7-14(22(31)33)18-19(24)15(34-2)8-16(35-3)20(18)25/h4,7-9,13H,1,5-6,10-11H2,2-3H3,(H,28,32)(H2,26,27,29). The van der Waals surface area contributed by atoms with Crippen molar-refractivity contribution in [3.8, 4) is 22.6 Å². The zero-order chi connectivity index (χ0) is 25.3. The number of carbonyl (C=O) groups excluding carboxylic acids is 1. The third-order valence-electron chi connectivity index (χ3n) is 5.82. The molecule has 0 bridgehead atoms. The minimum absolute atomic E-state index is 0.0418. The maximum atomic E-state index is 13.7. The maximum absolute atomic E-state index is 13.7. The summed E-state index contributed by atoms with van der Waals surface area (Å²) in [4.78, 5) is 35.7. The van der Waals surface area contributed by atoms with Crippen LogP contribution in [0.1, 0.15) is 0 Å². The highest BCUT2D eigenvalue weighted by atomic mass is 35.5. The maximum Gasteiger partial charge on any atom is 0.260 e. The Labute approximate surface area is 211 Å². The van der Waals surface area contributed by atoms with Crippen LogP contribution in [0.3, 0.4) is 0 Å². The Morgan fingerprint density at radius 3 is 2.49 bits per heavy atom. The number of carbonyl (C=O) groups is 1. The SMILES string of the molecule is C=CC(=O)NC1CN(CCn2c(=O)c(-c3c(Cl)c(OC)cc(OC)c3Cl)cc3cnc(N)nc32)C1. The summed E-state index contributed by atoms with van der Waals surface area (Å²) in [5.41, 5.74) is 6.39. The first kappa shape index (κ1) is 24.8. The van der Waals surface area contributed by atoms with E-state index in [-0.39, 0.29) is 44.6 Å². The van der Waals surface area contributed by atoms with Crippen LogP contribution >= 0.6 is 23.2 Å².